The summed E-state index contributed by atoms with van der Waals surface area (Å²) in [7, 11) is 0. The highest BCUT2D eigenvalue weighted by Gasteiger charge is 2.56. The number of alkyl halides is 3. The quantitative estimate of drug-likeness (QED) is 0.677. The van der Waals surface area contributed by atoms with Crippen LogP contribution in [0.4, 0.5) is 13.2 Å². The molecule has 0 aromatic heterocycles. The lowest BCUT2D eigenvalue weighted by Crippen LogP contribution is -2.53. The molecule has 0 spiro atoms. The number of halogens is 3. The lowest BCUT2D eigenvalue weighted by Gasteiger charge is -2.39. The van der Waals surface area contributed by atoms with Crippen LogP contribution in [0.25, 0.3) is 0 Å². The molecule has 0 N–H and O–H groups in total. The van der Waals surface area contributed by atoms with Gasteiger partial charge in [-0.2, -0.15) is 18.4 Å². The molecule has 3 saturated heterocycles. The molecule has 4 aliphatic rings. The number of hydrogen-bond donors (Lipinski definition) is 0. The van der Waals surface area contributed by atoms with Gasteiger partial charge in [0.2, 0.25) is 11.8 Å². The number of nitriles is 1. The summed E-state index contributed by atoms with van der Waals surface area (Å²) in [5.74, 6) is -0.103. The van der Waals surface area contributed by atoms with Crippen LogP contribution < -0.4 is 0 Å². The summed E-state index contributed by atoms with van der Waals surface area (Å²) in [5.41, 5.74) is -0.600. The van der Waals surface area contributed by atoms with Crippen molar-refractivity contribution in [3.8, 4) is 6.07 Å². The summed E-state index contributed by atoms with van der Waals surface area (Å²) in [4.78, 5) is 31.6. The van der Waals surface area contributed by atoms with E-state index in [4.69, 9.17) is 0 Å². The average Bonchev–Trinajstić information content (AvgIpc) is 3.11. The molecule has 2 bridgehead atoms. The Morgan fingerprint density at radius 3 is 2.61 bits per heavy atom. The molecular formula is C24H27F3N4O2. The fourth-order valence-electron chi connectivity index (χ4n) is 6.24. The maximum atomic E-state index is 13.5. The second-order valence-electron chi connectivity index (χ2n) is 9.96. The fraction of sp³-hybridized carbons (Fsp3) is 0.625. The van der Waals surface area contributed by atoms with E-state index < -0.39 is 23.8 Å². The summed E-state index contributed by atoms with van der Waals surface area (Å²) in [6.07, 6.45) is -2.20. The molecule has 1 aromatic carbocycles. The first kappa shape index (κ1) is 22.2. The van der Waals surface area contributed by atoms with E-state index in [0.29, 0.717) is 25.4 Å². The molecule has 7 atom stereocenters. The Balaban J connectivity index is 1.26. The topological polar surface area (TPSA) is 67.7 Å². The molecule has 1 aliphatic carbocycles. The van der Waals surface area contributed by atoms with Gasteiger partial charge in [0.25, 0.3) is 0 Å². The Morgan fingerprint density at radius 2 is 1.94 bits per heavy atom. The van der Waals surface area contributed by atoms with Crippen molar-refractivity contribution in [1.29, 1.82) is 5.26 Å². The fourth-order valence-corrected chi connectivity index (χ4v) is 6.24. The van der Waals surface area contributed by atoms with E-state index in [1.165, 1.54) is 12.1 Å². The molecule has 3 heterocycles. The van der Waals surface area contributed by atoms with Crippen LogP contribution in [-0.2, 0) is 15.8 Å². The van der Waals surface area contributed by atoms with Crippen LogP contribution in [0.3, 0.4) is 0 Å². The molecule has 1 aromatic rings. The van der Waals surface area contributed by atoms with Gasteiger partial charge in [0.05, 0.1) is 23.7 Å². The first-order valence-corrected chi connectivity index (χ1v) is 11.6. The predicted molar refractivity (Wildman–Crippen MR) is 112 cm³/mol. The highest BCUT2D eigenvalue weighted by molar-refractivity contribution is 5.86. The third kappa shape index (κ3) is 3.59. The van der Waals surface area contributed by atoms with Crippen molar-refractivity contribution in [3.05, 3.63) is 35.4 Å². The van der Waals surface area contributed by atoms with E-state index in [9.17, 15) is 28.0 Å². The first-order valence-electron chi connectivity index (χ1n) is 11.6. The zero-order chi connectivity index (χ0) is 23.7. The lowest BCUT2D eigenvalue weighted by atomic mass is 9.99. The average molecular weight is 461 g/mol. The molecule has 4 fully saturated rings. The lowest BCUT2D eigenvalue weighted by molar-refractivity contribution is -0.144. The van der Waals surface area contributed by atoms with Crippen LogP contribution in [0.5, 0.6) is 0 Å². The highest BCUT2D eigenvalue weighted by Crippen LogP contribution is 2.48. The van der Waals surface area contributed by atoms with Crippen molar-refractivity contribution >= 4 is 11.8 Å². The summed E-state index contributed by atoms with van der Waals surface area (Å²) in [6.45, 7) is 4.45. The minimum atomic E-state index is -4.48. The van der Waals surface area contributed by atoms with Crippen molar-refractivity contribution in [1.82, 2.24) is 14.7 Å². The molecule has 2 unspecified atom stereocenters. The monoisotopic (exact) mass is 460 g/mol. The van der Waals surface area contributed by atoms with Crippen LogP contribution >= 0.6 is 0 Å². The van der Waals surface area contributed by atoms with Gasteiger partial charge in [-0.15, -0.1) is 0 Å². The van der Waals surface area contributed by atoms with Crippen LogP contribution in [0.15, 0.2) is 24.3 Å². The number of fused-ring (bicyclic) bond motifs is 3. The maximum absolute atomic E-state index is 13.5. The molecule has 5 rings (SSSR count). The minimum Gasteiger partial charge on any atom is -0.330 e. The van der Waals surface area contributed by atoms with Crippen LogP contribution in [0.2, 0.25) is 0 Å². The SMILES string of the molecule is C[C@@H](CN1CC2C[C@@H]1C(=O)N2[C@@H](C)c1ccccc1C(F)(F)F)C(=O)N1C2C[C@H]2C[C@H]1C#N. The van der Waals surface area contributed by atoms with Crippen molar-refractivity contribution in [2.75, 3.05) is 13.1 Å². The number of piperazine rings is 1. The van der Waals surface area contributed by atoms with Gasteiger partial charge in [0.1, 0.15) is 6.04 Å². The molecule has 33 heavy (non-hydrogen) atoms. The first-order chi connectivity index (χ1) is 15.6. The summed E-state index contributed by atoms with van der Waals surface area (Å²) in [5, 5.41) is 9.38. The predicted octanol–water partition coefficient (Wildman–Crippen LogP) is 3.20. The van der Waals surface area contributed by atoms with E-state index in [-0.39, 0.29) is 41.4 Å². The van der Waals surface area contributed by atoms with Crippen molar-refractivity contribution in [2.45, 2.75) is 69.5 Å². The van der Waals surface area contributed by atoms with Crippen molar-refractivity contribution in [3.63, 3.8) is 0 Å². The number of carbonyl (C=O) groups is 2. The molecule has 2 amide bonds. The molecule has 0 radical (unpaired) electrons. The third-order valence-electron chi connectivity index (χ3n) is 7.89. The number of hydrogen-bond acceptors (Lipinski definition) is 4. The van der Waals surface area contributed by atoms with Crippen LogP contribution in [-0.4, -0.2) is 63.8 Å². The molecule has 3 aliphatic heterocycles. The number of nitrogens with zero attached hydrogens (tertiary/aromatic N) is 4. The molecule has 6 nitrogen and oxygen atoms in total. The Kier molecular flexibility index (Phi) is 5.20. The molecule has 9 heteroatoms. The number of carbonyl (C=O) groups excluding carboxylic acids is 2. The second kappa shape index (κ2) is 7.73. The van der Waals surface area contributed by atoms with Gasteiger partial charge in [-0.05, 0) is 43.7 Å². The highest BCUT2D eigenvalue weighted by atomic mass is 19.4. The van der Waals surface area contributed by atoms with Gasteiger partial charge in [-0.1, -0.05) is 25.1 Å². The number of likely N-dealkylation sites (tertiary alicyclic amines) is 3. The summed E-state index contributed by atoms with van der Waals surface area (Å²) in [6, 6.07) is 6.23. The minimum absolute atomic E-state index is 0.0360. The van der Waals surface area contributed by atoms with Gasteiger partial charge >= 0.3 is 6.18 Å². The zero-order valence-electron chi connectivity index (χ0n) is 18.6. The summed E-state index contributed by atoms with van der Waals surface area (Å²) < 4.78 is 40.5. The normalized spacial score (nSPS) is 32.6. The molecule has 1 saturated carbocycles. The van der Waals surface area contributed by atoms with Gasteiger partial charge in [-0.25, -0.2) is 0 Å². The smallest absolute Gasteiger partial charge is 0.330 e. The second-order valence-corrected chi connectivity index (χ2v) is 9.96. The maximum Gasteiger partial charge on any atom is 0.416 e. The van der Waals surface area contributed by atoms with Crippen molar-refractivity contribution in [2.24, 2.45) is 11.8 Å². The Hall–Kier alpha value is -2.60. The van der Waals surface area contributed by atoms with Crippen molar-refractivity contribution < 1.29 is 22.8 Å². The van der Waals surface area contributed by atoms with E-state index in [0.717, 1.165) is 18.9 Å². The third-order valence-corrected chi connectivity index (χ3v) is 7.89. The van der Waals surface area contributed by atoms with Gasteiger partial charge in [0, 0.05) is 31.1 Å². The Labute approximate surface area is 190 Å². The van der Waals surface area contributed by atoms with E-state index in [1.807, 2.05) is 11.8 Å². The standard InChI is InChI=1S/C24H27F3N4O2/c1-13(22(32)31-16(10-28)7-15-8-20(15)31)11-29-12-17-9-21(29)23(33)30(17)14(2)18-5-3-4-6-19(18)24(25,26)27/h3-6,13-17,20-21H,7-9,11-12H2,1-2H3/t13-,14-,15+,16-,17?,20?,21+/m0/s1. The Morgan fingerprint density at radius 1 is 1.21 bits per heavy atom. The van der Waals surface area contributed by atoms with E-state index in [2.05, 4.69) is 6.07 Å². The van der Waals surface area contributed by atoms with Crippen LogP contribution in [0.1, 0.15) is 50.3 Å². The van der Waals surface area contributed by atoms with Crippen LogP contribution in [0, 0.1) is 23.2 Å². The molecular weight excluding hydrogens is 433 g/mol. The number of rotatable bonds is 5. The molecule has 176 valence electrons. The van der Waals surface area contributed by atoms with E-state index in [1.54, 1.807) is 22.8 Å². The Bertz CT molecular complexity index is 1020. The van der Waals surface area contributed by atoms with Gasteiger partial charge < -0.3 is 9.80 Å². The van der Waals surface area contributed by atoms with Gasteiger partial charge in [-0.3, -0.25) is 14.5 Å². The zero-order valence-corrected chi connectivity index (χ0v) is 18.6. The number of piperidine rings is 1. The number of amides is 2. The largest absolute Gasteiger partial charge is 0.416 e. The summed E-state index contributed by atoms with van der Waals surface area (Å²) >= 11 is 0. The van der Waals surface area contributed by atoms with Gasteiger partial charge in [0.15, 0.2) is 0 Å². The van der Waals surface area contributed by atoms with E-state index >= 15 is 0 Å². The number of benzene rings is 1.